The van der Waals surface area contributed by atoms with E-state index in [0.29, 0.717) is 31.7 Å². The van der Waals surface area contributed by atoms with Crippen molar-refractivity contribution in [1.29, 1.82) is 0 Å². The van der Waals surface area contributed by atoms with Gasteiger partial charge in [-0.2, -0.15) is 13.2 Å². The molecule has 1 aromatic heterocycles. The maximum absolute atomic E-state index is 13.1. The van der Waals surface area contributed by atoms with Crippen LogP contribution in [0.15, 0.2) is 72.9 Å². The number of benzene rings is 2. The summed E-state index contributed by atoms with van der Waals surface area (Å²) in [6.07, 6.45) is -3.01. The summed E-state index contributed by atoms with van der Waals surface area (Å²) in [5.74, 6) is -0.218. The molecule has 6 nitrogen and oxygen atoms in total. The minimum absolute atomic E-state index is 0.0871. The van der Waals surface area contributed by atoms with Gasteiger partial charge in [0.15, 0.2) is 0 Å². The van der Waals surface area contributed by atoms with Crippen LogP contribution in [-0.2, 0) is 6.18 Å². The van der Waals surface area contributed by atoms with Crippen LogP contribution in [-0.4, -0.2) is 52.8 Å². The average Bonchev–Trinajstić information content (AvgIpc) is 2.84. The summed E-state index contributed by atoms with van der Waals surface area (Å²) in [6, 6.07) is 16.8. The van der Waals surface area contributed by atoms with Gasteiger partial charge in [0.05, 0.1) is 11.1 Å². The fourth-order valence-electron chi connectivity index (χ4n) is 3.63. The highest BCUT2D eigenvalue weighted by Gasteiger charge is 2.31. The summed E-state index contributed by atoms with van der Waals surface area (Å²) in [5.41, 5.74) is 0.223. The highest BCUT2D eigenvalue weighted by atomic mass is 19.4. The van der Waals surface area contributed by atoms with Gasteiger partial charge in [-0.25, -0.2) is 4.98 Å². The minimum atomic E-state index is -4.47. The van der Waals surface area contributed by atoms with E-state index < -0.39 is 11.7 Å². The number of nitrogens with one attached hydrogen (secondary N) is 1. The van der Waals surface area contributed by atoms with E-state index in [9.17, 15) is 22.8 Å². The molecule has 2 amide bonds. The maximum Gasteiger partial charge on any atom is 0.416 e. The van der Waals surface area contributed by atoms with Gasteiger partial charge in [-0.3, -0.25) is 9.59 Å². The molecule has 0 radical (unpaired) electrons. The predicted molar refractivity (Wildman–Crippen MR) is 117 cm³/mol. The standard InChI is InChI=1S/C24H21F3N4O2/c25-24(26,27)18-8-4-9-19(16-18)29-21-20(10-5-11-28-21)23(33)31-14-12-30(13-15-31)22(32)17-6-2-1-3-7-17/h1-11,16H,12-15H2,(H,28,29). The van der Waals surface area contributed by atoms with Crippen molar-refractivity contribution in [2.75, 3.05) is 31.5 Å². The fraction of sp³-hybridized carbons (Fsp3) is 0.208. The normalized spacial score (nSPS) is 14.2. The number of hydrogen-bond donors (Lipinski definition) is 1. The molecular formula is C24H21F3N4O2. The number of pyridine rings is 1. The van der Waals surface area contributed by atoms with Gasteiger partial charge in [0.2, 0.25) is 0 Å². The number of carbonyl (C=O) groups is 2. The summed E-state index contributed by atoms with van der Waals surface area (Å²) in [5, 5.41) is 2.83. The Balaban J connectivity index is 1.45. The number of piperazine rings is 1. The molecule has 1 aliphatic heterocycles. The van der Waals surface area contributed by atoms with Crippen LogP contribution in [0.2, 0.25) is 0 Å². The Hall–Kier alpha value is -3.88. The van der Waals surface area contributed by atoms with E-state index in [2.05, 4.69) is 10.3 Å². The maximum atomic E-state index is 13.1. The molecule has 1 aliphatic rings. The molecular weight excluding hydrogens is 433 g/mol. The van der Waals surface area contributed by atoms with Crippen molar-refractivity contribution >= 4 is 23.3 Å². The number of nitrogens with zero attached hydrogens (tertiary/aromatic N) is 3. The van der Waals surface area contributed by atoms with Crippen molar-refractivity contribution in [3.8, 4) is 0 Å². The molecule has 0 atom stereocenters. The third-order valence-corrected chi connectivity index (χ3v) is 5.37. The largest absolute Gasteiger partial charge is 0.416 e. The molecule has 0 unspecified atom stereocenters. The van der Waals surface area contributed by atoms with Crippen LogP contribution in [0.5, 0.6) is 0 Å². The van der Waals surface area contributed by atoms with Gasteiger partial charge in [-0.15, -0.1) is 0 Å². The van der Waals surface area contributed by atoms with E-state index in [-0.39, 0.29) is 28.9 Å². The third kappa shape index (κ3) is 5.14. The molecule has 2 aromatic carbocycles. The van der Waals surface area contributed by atoms with Crippen LogP contribution in [0.1, 0.15) is 26.3 Å². The van der Waals surface area contributed by atoms with Crippen molar-refractivity contribution in [1.82, 2.24) is 14.8 Å². The molecule has 170 valence electrons. The molecule has 0 saturated carbocycles. The highest BCUT2D eigenvalue weighted by molar-refractivity contribution is 5.99. The van der Waals surface area contributed by atoms with E-state index >= 15 is 0 Å². The van der Waals surface area contributed by atoms with Gasteiger partial charge in [0, 0.05) is 43.6 Å². The number of carbonyl (C=O) groups excluding carboxylic acids is 2. The van der Waals surface area contributed by atoms with Crippen LogP contribution in [0.3, 0.4) is 0 Å². The molecule has 0 aliphatic carbocycles. The Morgan fingerprint density at radius 2 is 1.48 bits per heavy atom. The smallest absolute Gasteiger partial charge is 0.340 e. The lowest BCUT2D eigenvalue weighted by Crippen LogP contribution is -2.50. The Morgan fingerprint density at radius 3 is 2.15 bits per heavy atom. The van der Waals surface area contributed by atoms with Crippen molar-refractivity contribution in [3.63, 3.8) is 0 Å². The summed E-state index contributed by atoms with van der Waals surface area (Å²) >= 11 is 0. The lowest BCUT2D eigenvalue weighted by atomic mass is 10.1. The summed E-state index contributed by atoms with van der Waals surface area (Å²) in [6.45, 7) is 1.46. The van der Waals surface area contributed by atoms with Crippen LogP contribution in [0, 0.1) is 0 Å². The van der Waals surface area contributed by atoms with Crippen molar-refractivity contribution in [2.45, 2.75) is 6.18 Å². The Bertz CT molecular complexity index is 1140. The zero-order valence-corrected chi connectivity index (χ0v) is 17.5. The van der Waals surface area contributed by atoms with Gasteiger partial charge in [-0.1, -0.05) is 24.3 Å². The molecule has 1 fully saturated rings. The average molecular weight is 454 g/mol. The Kier molecular flexibility index (Phi) is 6.30. The van der Waals surface area contributed by atoms with Gasteiger partial charge >= 0.3 is 6.18 Å². The van der Waals surface area contributed by atoms with E-state index in [1.54, 1.807) is 46.2 Å². The van der Waals surface area contributed by atoms with Gasteiger partial charge in [-0.05, 0) is 42.5 Å². The molecule has 9 heteroatoms. The lowest BCUT2D eigenvalue weighted by Gasteiger charge is -2.35. The van der Waals surface area contributed by atoms with Crippen molar-refractivity contribution < 1.29 is 22.8 Å². The van der Waals surface area contributed by atoms with E-state index in [0.717, 1.165) is 12.1 Å². The first-order valence-electron chi connectivity index (χ1n) is 10.4. The van der Waals surface area contributed by atoms with Gasteiger partial charge < -0.3 is 15.1 Å². The number of hydrogen-bond acceptors (Lipinski definition) is 4. The topological polar surface area (TPSA) is 65.5 Å². The number of aromatic nitrogens is 1. The molecule has 0 bridgehead atoms. The third-order valence-electron chi connectivity index (χ3n) is 5.37. The Labute approximate surface area is 188 Å². The fourth-order valence-corrected chi connectivity index (χ4v) is 3.63. The molecule has 1 N–H and O–H groups in total. The number of halogens is 3. The second-order valence-corrected chi connectivity index (χ2v) is 7.55. The number of alkyl halides is 3. The van der Waals surface area contributed by atoms with E-state index in [1.807, 2.05) is 6.07 Å². The number of anilines is 2. The number of rotatable bonds is 4. The molecule has 1 saturated heterocycles. The summed E-state index contributed by atoms with van der Waals surface area (Å²) < 4.78 is 39.1. The summed E-state index contributed by atoms with van der Waals surface area (Å²) in [4.78, 5) is 33.2. The van der Waals surface area contributed by atoms with E-state index in [1.165, 1.54) is 18.3 Å². The monoisotopic (exact) mass is 454 g/mol. The predicted octanol–water partition coefficient (Wildman–Crippen LogP) is 4.44. The quantitative estimate of drug-likeness (QED) is 0.633. The zero-order valence-electron chi connectivity index (χ0n) is 17.5. The first-order valence-corrected chi connectivity index (χ1v) is 10.4. The number of amides is 2. The van der Waals surface area contributed by atoms with Crippen LogP contribution in [0.4, 0.5) is 24.7 Å². The SMILES string of the molecule is O=C(c1ccccc1)N1CCN(C(=O)c2cccnc2Nc2cccc(C(F)(F)F)c2)CC1. The minimum Gasteiger partial charge on any atom is -0.340 e. The molecule has 0 spiro atoms. The molecule has 3 aromatic rings. The van der Waals surface area contributed by atoms with Crippen molar-refractivity contribution in [3.05, 3.63) is 89.6 Å². The first-order chi connectivity index (χ1) is 15.8. The van der Waals surface area contributed by atoms with Gasteiger partial charge in [0.25, 0.3) is 11.8 Å². The second kappa shape index (κ2) is 9.32. The van der Waals surface area contributed by atoms with Crippen molar-refractivity contribution in [2.24, 2.45) is 0 Å². The van der Waals surface area contributed by atoms with Gasteiger partial charge in [0.1, 0.15) is 5.82 Å². The second-order valence-electron chi connectivity index (χ2n) is 7.55. The van der Waals surface area contributed by atoms with Crippen LogP contribution >= 0.6 is 0 Å². The van der Waals surface area contributed by atoms with Crippen LogP contribution < -0.4 is 5.32 Å². The molecule has 33 heavy (non-hydrogen) atoms. The lowest BCUT2D eigenvalue weighted by molar-refractivity contribution is -0.137. The molecule has 4 rings (SSSR count). The van der Waals surface area contributed by atoms with Crippen LogP contribution in [0.25, 0.3) is 0 Å². The zero-order chi connectivity index (χ0) is 23.4. The summed E-state index contributed by atoms with van der Waals surface area (Å²) in [7, 11) is 0. The highest BCUT2D eigenvalue weighted by Crippen LogP contribution is 2.31. The Morgan fingerprint density at radius 1 is 0.818 bits per heavy atom. The molecule has 2 heterocycles. The van der Waals surface area contributed by atoms with E-state index in [4.69, 9.17) is 0 Å². The first kappa shape index (κ1) is 22.3.